The molecule has 0 fully saturated rings. The number of benzene rings is 1. The van der Waals surface area contributed by atoms with Crippen molar-refractivity contribution < 1.29 is 4.74 Å². The quantitative estimate of drug-likeness (QED) is 0.826. The Balaban J connectivity index is 2.82. The van der Waals surface area contributed by atoms with Gasteiger partial charge in [-0.05, 0) is 49.1 Å². The van der Waals surface area contributed by atoms with Gasteiger partial charge < -0.3 is 15.8 Å². The molecule has 0 spiro atoms. The molecule has 0 unspecified atom stereocenters. The van der Waals surface area contributed by atoms with Crippen LogP contribution in [-0.2, 0) is 0 Å². The molecule has 0 radical (unpaired) electrons. The molecular weight excluding hydrogens is 212 g/mol. The SMILES string of the molecule is COc1cc(C)c(NCC(C)(C)CN)cc1C. The lowest BCUT2D eigenvalue weighted by atomic mass is 9.93. The summed E-state index contributed by atoms with van der Waals surface area (Å²) in [5.74, 6) is 0.936. The van der Waals surface area contributed by atoms with Crippen LogP contribution < -0.4 is 15.8 Å². The highest BCUT2D eigenvalue weighted by atomic mass is 16.5. The maximum Gasteiger partial charge on any atom is 0.122 e. The summed E-state index contributed by atoms with van der Waals surface area (Å²) in [4.78, 5) is 0. The van der Waals surface area contributed by atoms with Crippen molar-refractivity contribution in [2.75, 3.05) is 25.5 Å². The molecule has 0 saturated carbocycles. The van der Waals surface area contributed by atoms with Crippen molar-refractivity contribution in [3.05, 3.63) is 23.3 Å². The lowest BCUT2D eigenvalue weighted by Crippen LogP contribution is -2.31. The fraction of sp³-hybridized carbons (Fsp3) is 0.571. The zero-order chi connectivity index (χ0) is 13.1. The second kappa shape index (κ2) is 5.41. The Morgan fingerprint density at radius 1 is 1.24 bits per heavy atom. The highest BCUT2D eigenvalue weighted by molar-refractivity contribution is 5.57. The van der Waals surface area contributed by atoms with Gasteiger partial charge in [0, 0.05) is 12.2 Å². The third-order valence-electron chi connectivity index (χ3n) is 3.05. The summed E-state index contributed by atoms with van der Waals surface area (Å²) in [6.07, 6.45) is 0. The minimum Gasteiger partial charge on any atom is -0.496 e. The van der Waals surface area contributed by atoms with Gasteiger partial charge in [-0.15, -0.1) is 0 Å². The van der Waals surface area contributed by atoms with Gasteiger partial charge in [-0.1, -0.05) is 13.8 Å². The zero-order valence-corrected chi connectivity index (χ0v) is 11.6. The predicted molar refractivity (Wildman–Crippen MR) is 73.8 cm³/mol. The Morgan fingerprint density at radius 2 is 1.88 bits per heavy atom. The average molecular weight is 236 g/mol. The number of ether oxygens (including phenoxy) is 1. The van der Waals surface area contributed by atoms with E-state index >= 15 is 0 Å². The van der Waals surface area contributed by atoms with Crippen molar-refractivity contribution in [2.45, 2.75) is 27.7 Å². The van der Waals surface area contributed by atoms with E-state index < -0.39 is 0 Å². The number of rotatable bonds is 5. The Bertz CT molecular complexity index is 386. The summed E-state index contributed by atoms with van der Waals surface area (Å²) >= 11 is 0. The van der Waals surface area contributed by atoms with Crippen LogP contribution in [0.15, 0.2) is 12.1 Å². The zero-order valence-electron chi connectivity index (χ0n) is 11.6. The van der Waals surface area contributed by atoms with E-state index in [0.717, 1.165) is 23.5 Å². The van der Waals surface area contributed by atoms with Crippen LogP contribution in [0.3, 0.4) is 0 Å². The van der Waals surface area contributed by atoms with E-state index in [9.17, 15) is 0 Å². The van der Waals surface area contributed by atoms with Crippen LogP contribution in [0.25, 0.3) is 0 Å². The van der Waals surface area contributed by atoms with Gasteiger partial charge in [0.15, 0.2) is 0 Å². The molecule has 0 aliphatic heterocycles. The molecule has 0 aromatic heterocycles. The Hall–Kier alpha value is -1.22. The molecule has 0 saturated heterocycles. The largest absolute Gasteiger partial charge is 0.496 e. The van der Waals surface area contributed by atoms with Crippen LogP contribution in [0, 0.1) is 19.3 Å². The van der Waals surface area contributed by atoms with Crippen molar-refractivity contribution >= 4 is 5.69 Å². The molecule has 0 heterocycles. The monoisotopic (exact) mass is 236 g/mol. The molecule has 17 heavy (non-hydrogen) atoms. The second-order valence-corrected chi connectivity index (χ2v) is 5.36. The summed E-state index contributed by atoms with van der Waals surface area (Å²) < 4.78 is 5.30. The van der Waals surface area contributed by atoms with Crippen LogP contribution in [-0.4, -0.2) is 20.2 Å². The molecular formula is C14H24N2O. The standard InChI is InChI=1S/C14H24N2O/c1-10-7-13(17-5)11(2)6-12(10)16-9-14(3,4)8-15/h6-7,16H,8-9,15H2,1-5H3. The van der Waals surface area contributed by atoms with Gasteiger partial charge in [0.05, 0.1) is 7.11 Å². The fourth-order valence-electron chi connectivity index (χ4n) is 1.61. The molecule has 1 aromatic rings. The fourth-order valence-corrected chi connectivity index (χ4v) is 1.61. The third-order valence-corrected chi connectivity index (χ3v) is 3.05. The van der Waals surface area contributed by atoms with Gasteiger partial charge in [-0.2, -0.15) is 0 Å². The number of nitrogens with two attached hydrogens (primary N) is 1. The second-order valence-electron chi connectivity index (χ2n) is 5.36. The first-order valence-electron chi connectivity index (χ1n) is 5.99. The van der Waals surface area contributed by atoms with Crippen molar-refractivity contribution in [1.82, 2.24) is 0 Å². The first-order chi connectivity index (χ1) is 7.89. The van der Waals surface area contributed by atoms with E-state index in [4.69, 9.17) is 10.5 Å². The molecule has 0 aliphatic carbocycles. The molecule has 1 rings (SSSR count). The van der Waals surface area contributed by atoms with Gasteiger partial charge in [0.25, 0.3) is 0 Å². The van der Waals surface area contributed by atoms with Gasteiger partial charge in [0.2, 0.25) is 0 Å². The molecule has 96 valence electrons. The smallest absolute Gasteiger partial charge is 0.122 e. The van der Waals surface area contributed by atoms with Crippen molar-refractivity contribution in [2.24, 2.45) is 11.1 Å². The topological polar surface area (TPSA) is 47.3 Å². The minimum atomic E-state index is 0.111. The van der Waals surface area contributed by atoms with Gasteiger partial charge in [-0.3, -0.25) is 0 Å². The summed E-state index contributed by atoms with van der Waals surface area (Å²) in [5.41, 5.74) is 9.33. The molecule has 3 nitrogen and oxygen atoms in total. The summed E-state index contributed by atoms with van der Waals surface area (Å²) in [5, 5.41) is 3.46. The van der Waals surface area contributed by atoms with E-state index in [-0.39, 0.29) is 5.41 Å². The van der Waals surface area contributed by atoms with Gasteiger partial charge in [-0.25, -0.2) is 0 Å². The van der Waals surface area contributed by atoms with Crippen LogP contribution in [0.5, 0.6) is 5.75 Å². The van der Waals surface area contributed by atoms with Crippen molar-refractivity contribution in [3.63, 3.8) is 0 Å². The number of aryl methyl sites for hydroxylation is 2. The molecule has 1 aromatic carbocycles. The highest BCUT2D eigenvalue weighted by Gasteiger charge is 2.15. The van der Waals surface area contributed by atoms with E-state index in [2.05, 4.69) is 45.1 Å². The van der Waals surface area contributed by atoms with Crippen LogP contribution >= 0.6 is 0 Å². The van der Waals surface area contributed by atoms with E-state index in [0.29, 0.717) is 6.54 Å². The number of methoxy groups -OCH3 is 1. The van der Waals surface area contributed by atoms with Crippen LogP contribution in [0.2, 0.25) is 0 Å². The average Bonchev–Trinajstić information content (AvgIpc) is 2.29. The molecule has 0 amide bonds. The lowest BCUT2D eigenvalue weighted by molar-refractivity contribution is 0.405. The summed E-state index contributed by atoms with van der Waals surface area (Å²) in [6, 6.07) is 4.19. The molecule has 3 N–H and O–H groups in total. The molecule has 0 bridgehead atoms. The van der Waals surface area contributed by atoms with E-state index in [1.165, 1.54) is 5.56 Å². The Labute approximate surface area is 104 Å². The number of anilines is 1. The normalized spacial score (nSPS) is 11.4. The van der Waals surface area contributed by atoms with E-state index in [1.54, 1.807) is 7.11 Å². The van der Waals surface area contributed by atoms with E-state index in [1.807, 2.05) is 0 Å². The number of nitrogens with one attached hydrogen (secondary N) is 1. The first kappa shape index (κ1) is 13.8. The third kappa shape index (κ3) is 3.63. The molecule has 3 heteroatoms. The lowest BCUT2D eigenvalue weighted by Gasteiger charge is -2.24. The Morgan fingerprint density at radius 3 is 2.41 bits per heavy atom. The predicted octanol–water partition coefficient (Wildman–Crippen LogP) is 2.71. The summed E-state index contributed by atoms with van der Waals surface area (Å²) in [7, 11) is 1.70. The maximum absolute atomic E-state index is 5.72. The summed E-state index contributed by atoms with van der Waals surface area (Å²) in [6.45, 7) is 10.00. The van der Waals surface area contributed by atoms with Crippen LogP contribution in [0.4, 0.5) is 5.69 Å². The van der Waals surface area contributed by atoms with Gasteiger partial charge >= 0.3 is 0 Å². The maximum atomic E-state index is 5.72. The number of hydrogen-bond acceptors (Lipinski definition) is 3. The Kier molecular flexibility index (Phi) is 4.40. The highest BCUT2D eigenvalue weighted by Crippen LogP contribution is 2.26. The van der Waals surface area contributed by atoms with Crippen molar-refractivity contribution in [1.29, 1.82) is 0 Å². The number of hydrogen-bond donors (Lipinski definition) is 2. The molecule has 0 aliphatic rings. The first-order valence-corrected chi connectivity index (χ1v) is 5.99. The van der Waals surface area contributed by atoms with Gasteiger partial charge in [0.1, 0.15) is 5.75 Å². The minimum absolute atomic E-state index is 0.111. The van der Waals surface area contributed by atoms with Crippen molar-refractivity contribution in [3.8, 4) is 5.75 Å². The molecule has 0 atom stereocenters. The van der Waals surface area contributed by atoms with Crippen LogP contribution in [0.1, 0.15) is 25.0 Å².